The highest BCUT2D eigenvalue weighted by atomic mass is 35.5. The van der Waals surface area contributed by atoms with Crippen molar-refractivity contribution in [3.63, 3.8) is 0 Å². The second kappa shape index (κ2) is 5.97. The SMILES string of the molecule is C[C@H]1CNCCN1S(=O)(=O)c1ccccc1F.Cl. The van der Waals surface area contributed by atoms with Crippen LogP contribution in [0.25, 0.3) is 0 Å². The van der Waals surface area contributed by atoms with Crippen LogP contribution in [0.5, 0.6) is 0 Å². The second-order valence-electron chi connectivity index (χ2n) is 4.10. The van der Waals surface area contributed by atoms with Gasteiger partial charge in [-0.25, -0.2) is 12.8 Å². The molecule has 7 heteroatoms. The van der Waals surface area contributed by atoms with Crippen molar-refractivity contribution in [2.24, 2.45) is 0 Å². The second-order valence-corrected chi connectivity index (χ2v) is 5.96. The summed E-state index contributed by atoms with van der Waals surface area (Å²) in [4.78, 5) is -0.242. The zero-order chi connectivity index (χ0) is 12.5. The van der Waals surface area contributed by atoms with Gasteiger partial charge in [-0.2, -0.15) is 4.31 Å². The molecule has 1 aliphatic rings. The Bertz CT molecular complexity index is 510. The normalized spacial score (nSPS) is 21.3. The predicted molar refractivity (Wildman–Crippen MR) is 69.9 cm³/mol. The first-order chi connectivity index (χ1) is 8.03. The quantitative estimate of drug-likeness (QED) is 0.892. The van der Waals surface area contributed by atoms with Crippen LogP contribution in [-0.2, 0) is 10.0 Å². The summed E-state index contributed by atoms with van der Waals surface area (Å²) >= 11 is 0. The summed E-state index contributed by atoms with van der Waals surface area (Å²) < 4.78 is 39.4. The van der Waals surface area contributed by atoms with E-state index in [1.54, 1.807) is 0 Å². The number of sulfonamides is 1. The number of piperazine rings is 1. The van der Waals surface area contributed by atoms with Crippen LogP contribution >= 0.6 is 12.4 Å². The van der Waals surface area contributed by atoms with Crippen molar-refractivity contribution in [1.82, 2.24) is 9.62 Å². The van der Waals surface area contributed by atoms with Gasteiger partial charge >= 0.3 is 0 Å². The summed E-state index contributed by atoms with van der Waals surface area (Å²) in [6.45, 7) is 3.37. The third-order valence-corrected chi connectivity index (χ3v) is 4.91. The van der Waals surface area contributed by atoms with Crippen LogP contribution in [-0.4, -0.2) is 38.4 Å². The summed E-state index contributed by atoms with van der Waals surface area (Å²) in [7, 11) is -3.72. The number of rotatable bonds is 2. The zero-order valence-corrected chi connectivity index (χ0v) is 11.6. The van der Waals surface area contributed by atoms with Crippen molar-refractivity contribution in [2.75, 3.05) is 19.6 Å². The minimum atomic E-state index is -3.72. The molecule has 1 atom stereocenters. The summed E-state index contributed by atoms with van der Waals surface area (Å²) in [5.74, 6) is -0.696. The fraction of sp³-hybridized carbons (Fsp3) is 0.455. The van der Waals surface area contributed by atoms with Gasteiger partial charge < -0.3 is 5.32 Å². The van der Waals surface area contributed by atoms with Crippen LogP contribution in [0.3, 0.4) is 0 Å². The van der Waals surface area contributed by atoms with E-state index in [0.29, 0.717) is 19.6 Å². The number of hydrogen-bond acceptors (Lipinski definition) is 3. The highest BCUT2D eigenvalue weighted by molar-refractivity contribution is 7.89. The average molecular weight is 295 g/mol. The Kier molecular flexibility index (Phi) is 5.10. The predicted octanol–water partition coefficient (Wildman–Crippen LogP) is 1.23. The van der Waals surface area contributed by atoms with Crippen LogP contribution in [0.4, 0.5) is 4.39 Å². The van der Waals surface area contributed by atoms with Crippen molar-refractivity contribution in [2.45, 2.75) is 17.9 Å². The molecule has 0 amide bonds. The molecular weight excluding hydrogens is 279 g/mol. The lowest BCUT2D eigenvalue weighted by atomic mass is 10.3. The number of nitrogens with one attached hydrogen (secondary N) is 1. The molecule has 0 spiro atoms. The number of nitrogens with zero attached hydrogens (tertiary/aromatic N) is 1. The van der Waals surface area contributed by atoms with E-state index in [1.165, 1.54) is 28.6 Å². The molecule has 1 heterocycles. The lowest BCUT2D eigenvalue weighted by Gasteiger charge is -2.32. The molecular formula is C11H16ClFN2O2S. The fourth-order valence-corrected chi connectivity index (χ4v) is 3.66. The van der Waals surface area contributed by atoms with Gasteiger partial charge in [0.2, 0.25) is 10.0 Å². The summed E-state index contributed by atoms with van der Waals surface area (Å²) in [6, 6.07) is 5.32. The molecule has 0 aromatic heterocycles. The molecule has 0 bridgehead atoms. The van der Waals surface area contributed by atoms with Gasteiger partial charge in [0.1, 0.15) is 10.7 Å². The summed E-state index contributed by atoms with van der Waals surface area (Å²) in [6.07, 6.45) is 0. The van der Waals surface area contributed by atoms with Gasteiger partial charge in [-0.05, 0) is 19.1 Å². The molecule has 0 radical (unpaired) electrons. The Hall–Kier alpha value is -0.690. The van der Waals surface area contributed by atoms with E-state index in [-0.39, 0.29) is 23.3 Å². The van der Waals surface area contributed by atoms with Crippen LogP contribution in [0.1, 0.15) is 6.92 Å². The van der Waals surface area contributed by atoms with Gasteiger partial charge in [0.25, 0.3) is 0 Å². The number of hydrogen-bond donors (Lipinski definition) is 1. The fourth-order valence-electron chi connectivity index (χ4n) is 1.96. The molecule has 1 saturated heterocycles. The van der Waals surface area contributed by atoms with E-state index >= 15 is 0 Å². The molecule has 2 rings (SSSR count). The first-order valence-electron chi connectivity index (χ1n) is 5.50. The number of halogens is 2. The van der Waals surface area contributed by atoms with Crippen molar-refractivity contribution >= 4 is 22.4 Å². The summed E-state index contributed by atoms with van der Waals surface area (Å²) in [5, 5.41) is 3.10. The lowest BCUT2D eigenvalue weighted by Crippen LogP contribution is -2.52. The Balaban J connectivity index is 0.00000162. The summed E-state index contributed by atoms with van der Waals surface area (Å²) in [5.41, 5.74) is 0. The van der Waals surface area contributed by atoms with Gasteiger partial charge in [-0.1, -0.05) is 12.1 Å². The van der Waals surface area contributed by atoms with Gasteiger partial charge in [-0.3, -0.25) is 0 Å². The van der Waals surface area contributed by atoms with Crippen molar-refractivity contribution < 1.29 is 12.8 Å². The highest BCUT2D eigenvalue weighted by Crippen LogP contribution is 2.21. The van der Waals surface area contributed by atoms with Crippen molar-refractivity contribution in [1.29, 1.82) is 0 Å². The first-order valence-corrected chi connectivity index (χ1v) is 6.94. The van der Waals surface area contributed by atoms with Gasteiger partial charge in [0.05, 0.1) is 0 Å². The lowest BCUT2D eigenvalue weighted by molar-refractivity contribution is 0.283. The minimum absolute atomic E-state index is 0. The molecule has 0 aliphatic carbocycles. The molecule has 102 valence electrons. The maximum absolute atomic E-state index is 13.5. The van der Waals surface area contributed by atoms with Crippen LogP contribution < -0.4 is 5.32 Å². The van der Waals surface area contributed by atoms with E-state index in [2.05, 4.69) is 5.32 Å². The van der Waals surface area contributed by atoms with E-state index < -0.39 is 15.8 Å². The Labute approximate surface area is 113 Å². The minimum Gasteiger partial charge on any atom is -0.314 e. The van der Waals surface area contributed by atoms with Gasteiger partial charge in [0.15, 0.2) is 0 Å². The molecule has 1 aromatic rings. The monoisotopic (exact) mass is 294 g/mol. The molecule has 1 aliphatic heterocycles. The zero-order valence-electron chi connectivity index (χ0n) is 9.97. The molecule has 18 heavy (non-hydrogen) atoms. The standard InChI is InChI=1S/C11H15FN2O2S.ClH/c1-9-8-13-6-7-14(9)17(15,16)11-5-3-2-4-10(11)12;/h2-5,9,13H,6-8H2,1H3;1H/t9-;/m0./s1. The molecule has 0 saturated carbocycles. The van der Waals surface area contributed by atoms with Crippen LogP contribution in [0, 0.1) is 5.82 Å². The van der Waals surface area contributed by atoms with Crippen LogP contribution in [0.15, 0.2) is 29.2 Å². The van der Waals surface area contributed by atoms with E-state index in [1.807, 2.05) is 6.92 Å². The van der Waals surface area contributed by atoms with E-state index in [0.717, 1.165) is 0 Å². The third-order valence-electron chi connectivity index (χ3n) is 2.86. The Morgan fingerprint density at radius 2 is 2.06 bits per heavy atom. The van der Waals surface area contributed by atoms with E-state index in [4.69, 9.17) is 0 Å². The molecule has 4 nitrogen and oxygen atoms in total. The van der Waals surface area contributed by atoms with Gasteiger partial charge in [0, 0.05) is 25.7 Å². The Morgan fingerprint density at radius 1 is 1.39 bits per heavy atom. The van der Waals surface area contributed by atoms with Crippen molar-refractivity contribution in [3.05, 3.63) is 30.1 Å². The smallest absolute Gasteiger partial charge is 0.246 e. The molecule has 0 unspecified atom stereocenters. The average Bonchev–Trinajstić information content (AvgIpc) is 2.29. The highest BCUT2D eigenvalue weighted by Gasteiger charge is 2.32. The van der Waals surface area contributed by atoms with Gasteiger partial charge in [-0.15, -0.1) is 12.4 Å². The maximum atomic E-state index is 13.5. The molecule has 1 aromatic carbocycles. The number of benzene rings is 1. The molecule has 1 fully saturated rings. The van der Waals surface area contributed by atoms with Crippen molar-refractivity contribution in [3.8, 4) is 0 Å². The topological polar surface area (TPSA) is 49.4 Å². The molecule has 1 N–H and O–H groups in total. The largest absolute Gasteiger partial charge is 0.314 e. The Morgan fingerprint density at radius 3 is 2.67 bits per heavy atom. The third kappa shape index (κ3) is 2.83. The first kappa shape index (κ1) is 15.4. The maximum Gasteiger partial charge on any atom is 0.246 e. The van der Waals surface area contributed by atoms with E-state index in [9.17, 15) is 12.8 Å². The van der Waals surface area contributed by atoms with Crippen LogP contribution in [0.2, 0.25) is 0 Å².